The third-order valence-electron chi connectivity index (χ3n) is 8.29. The van der Waals surface area contributed by atoms with Gasteiger partial charge in [-0.1, -0.05) is 12.1 Å². The van der Waals surface area contributed by atoms with Crippen LogP contribution in [0.5, 0.6) is 0 Å². The van der Waals surface area contributed by atoms with Crippen LogP contribution in [0.4, 0.5) is 5.69 Å². The van der Waals surface area contributed by atoms with Crippen LogP contribution in [-0.4, -0.2) is 48.0 Å². The number of carbonyl (C=O) groups excluding carboxylic acids is 2. The molecule has 32 heavy (non-hydrogen) atoms. The van der Waals surface area contributed by atoms with Crippen molar-refractivity contribution in [1.82, 2.24) is 9.88 Å². The van der Waals surface area contributed by atoms with Crippen LogP contribution in [0.3, 0.4) is 0 Å². The third kappa shape index (κ3) is 3.52. The molecule has 2 saturated heterocycles. The van der Waals surface area contributed by atoms with Gasteiger partial charge in [-0.05, 0) is 61.5 Å². The molecule has 2 unspecified atom stereocenters. The highest BCUT2D eigenvalue weighted by Gasteiger charge is 2.59. The Bertz CT molecular complexity index is 1000. The van der Waals surface area contributed by atoms with E-state index in [1.54, 1.807) is 6.20 Å². The van der Waals surface area contributed by atoms with E-state index in [4.69, 9.17) is 9.15 Å². The lowest BCUT2D eigenvalue weighted by Gasteiger charge is -2.40. The summed E-state index contributed by atoms with van der Waals surface area (Å²) < 4.78 is 10.8. The minimum Gasteiger partial charge on any atom is -0.444 e. The van der Waals surface area contributed by atoms with Gasteiger partial charge in [0, 0.05) is 36.2 Å². The molecule has 1 spiro atoms. The number of likely N-dealkylation sites (tertiary alicyclic amines) is 1. The second kappa shape index (κ2) is 7.73. The smallest absolute Gasteiger partial charge is 0.227 e. The fourth-order valence-corrected chi connectivity index (χ4v) is 6.26. The zero-order chi connectivity index (χ0) is 21.7. The molecule has 4 aliphatic rings. The summed E-state index contributed by atoms with van der Waals surface area (Å²) in [6, 6.07) is 7.69. The number of amides is 2. The number of nitrogens with one attached hydrogen (secondary N) is 1. The highest BCUT2D eigenvalue weighted by atomic mass is 16.5. The number of rotatable bonds is 4. The molecule has 7 nitrogen and oxygen atoms in total. The Labute approximate surface area is 187 Å². The van der Waals surface area contributed by atoms with Crippen LogP contribution >= 0.6 is 0 Å². The third-order valence-corrected chi connectivity index (χ3v) is 8.29. The van der Waals surface area contributed by atoms with Crippen molar-refractivity contribution in [3.63, 3.8) is 0 Å². The zero-order valence-corrected chi connectivity index (χ0v) is 18.2. The van der Waals surface area contributed by atoms with Gasteiger partial charge in [0.1, 0.15) is 0 Å². The predicted molar refractivity (Wildman–Crippen MR) is 117 cm³/mol. The molecule has 7 heteroatoms. The van der Waals surface area contributed by atoms with Crippen molar-refractivity contribution in [3.8, 4) is 11.3 Å². The molecule has 3 heterocycles. The molecule has 1 aromatic carbocycles. The van der Waals surface area contributed by atoms with Crippen molar-refractivity contribution in [1.29, 1.82) is 0 Å². The maximum absolute atomic E-state index is 13.0. The van der Waals surface area contributed by atoms with Crippen LogP contribution in [0.25, 0.3) is 11.3 Å². The quantitative estimate of drug-likeness (QED) is 0.794. The van der Waals surface area contributed by atoms with Gasteiger partial charge in [-0.2, -0.15) is 0 Å². The Hall–Kier alpha value is -2.67. The van der Waals surface area contributed by atoms with Gasteiger partial charge in [0.2, 0.25) is 11.8 Å². The highest BCUT2D eigenvalue weighted by molar-refractivity contribution is 5.93. The normalized spacial score (nSPS) is 30.3. The first-order valence-corrected chi connectivity index (χ1v) is 11.8. The van der Waals surface area contributed by atoms with Crippen molar-refractivity contribution >= 4 is 17.5 Å². The lowest BCUT2D eigenvalue weighted by atomic mass is 9.76. The molecule has 1 aromatic heterocycles. The summed E-state index contributed by atoms with van der Waals surface area (Å²) in [4.78, 5) is 31.9. The number of oxazole rings is 1. The van der Waals surface area contributed by atoms with Crippen molar-refractivity contribution in [2.45, 2.75) is 32.1 Å². The molecule has 0 bridgehead atoms. The van der Waals surface area contributed by atoms with Gasteiger partial charge >= 0.3 is 0 Å². The lowest BCUT2D eigenvalue weighted by molar-refractivity contribution is -0.136. The Kier molecular flexibility index (Phi) is 4.82. The first-order chi connectivity index (χ1) is 15.6. The number of piperidine rings is 1. The molecule has 2 aliphatic heterocycles. The Morgan fingerprint density at radius 1 is 1.12 bits per heavy atom. The number of anilines is 1. The molecule has 2 aliphatic carbocycles. The van der Waals surface area contributed by atoms with Gasteiger partial charge in [-0.15, -0.1) is 0 Å². The molecular weight excluding hydrogens is 406 g/mol. The summed E-state index contributed by atoms with van der Waals surface area (Å²) >= 11 is 0. The number of hydrogen-bond donors (Lipinski definition) is 1. The summed E-state index contributed by atoms with van der Waals surface area (Å²) in [5.41, 5.74) is 1.89. The lowest BCUT2D eigenvalue weighted by Crippen LogP contribution is -2.44. The van der Waals surface area contributed by atoms with E-state index in [9.17, 15) is 9.59 Å². The SMILES string of the molecule is O=C(Nc1cccc(-c2cnco2)c1)C1CCC2(CCN(C(=O)C3[C@H]4COC[C@@H]34)CC2)C1. The molecule has 4 fully saturated rings. The summed E-state index contributed by atoms with van der Waals surface area (Å²) in [5.74, 6) is 2.32. The average Bonchev–Trinajstić information content (AvgIpc) is 3.32. The average molecular weight is 436 g/mol. The predicted octanol–water partition coefficient (Wildman–Crippen LogP) is 3.58. The van der Waals surface area contributed by atoms with E-state index in [1.165, 1.54) is 6.39 Å². The highest BCUT2D eigenvalue weighted by Crippen LogP contribution is 2.53. The van der Waals surface area contributed by atoms with Gasteiger partial charge in [0.25, 0.3) is 0 Å². The van der Waals surface area contributed by atoms with Gasteiger partial charge in [-0.25, -0.2) is 4.98 Å². The van der Waals surface area contributed by atoms with Gasteiger partial charge in [0.15, 0.2) is 12.2 Å². The Morgan fingerprint density at radius 3 is 2.69 bits per heavy atom. The van der Waals surface area contributed by atoms with Crippen LogP contribution in [0.1, 0.15) is 32.1 Å². The Morgan fingerprint density at radius 2 is 1.94 bits per heavy atom. The first-order valence-electron chi connectivity index (χ1n) is 11.8. The Balaban J connectivity index is 1.04. The zero-order valence-electron chi connectivity index (χ0n) is 18.2. The van der Waals surface area contributed by atoms with E-state index in [1.807, 2.05) is 24.3 Å². The number of carbonyl (C=O) groups is 2. The molecule has 4 atom stereocenters. The van der Waals surface area contributed by atoms with E-state index in [0.717, 1.165) is 69.7 Å². The van der Waals surface area contributed by atoms with Crippen LogP contribution in [0, 0.1) is 29.1 Å². The summed E-state index contributed by atoms with van der Waals surface area (Å²) in [5, 5.41) is 3.10. The van der Waals surface area contributed by atoms with E-state index < -0.39 is 0 Å². The molecule has 2 aromatic rings. The number of benzene rings is 1. The minimum atomic E-state index is 0.0334. The standard InChI is InChI=1S/C25H29N3O4/c29-23(27-18-3-1-2-16(10-18)21-12-26-15-32-21)17-4-5-25(11-17)6-8-28(9-7-25)24(30)22-19-13-31-14-20(19)22/h1-3,10,12,15,17,19-20,22H,4-9,11,13-14H2,(H,27,29)/t17?,19-,20+,22?. The maximum atomic E-state index is 13.0. The fourth-order valence-electron chi connectivity index (χ4n) is 6.26. The first kappa shape index (κ1) is 20.0. The monoisotopic (exact) mass is 435 g/mol. The molecule has 2 saturated carbocycles. The number of fused-ring (bicyclic) bond motifs is 1. The maximum Gasteiger partial charge on any atom is 0.227 e. The summed E-state index contributed by atoms with van der Waals surface area (Å²) in [7, 11) is 0. The van der Waals surface area contributed by atoms with Crippen LogP contribution < -0.4 is 5.32 Å². The topological polar surface area (TPSA) is 84.7 Å². The van der Waals surface area contributed by atoms with Crippen molar-refractivity contribution in [2.24, 2.45) is 29.1 Å². The van der Waals surface area contributed by atoms with Crippen molar-refractivity contribution in [3.05, 3.63) is 36.9 Å². The van der Waals surface area contributed by atoms with Crippen LogP contribution in [0.15, 0.2) is 41.3 Å². The van der Waals surface area contributed by atoms with Crippen molar-refractivity contribution < 1.29 is 18.7 Å². The number of ether oxygens (including phenoxy) is 1. The molecular formula is C25H29N3O4. The van der Waals surface area contributed by atoms with Gasteiger partial charge in [0.05, 0.1) is 19.4 Å². The molecule has 6 rings (SSSR count). The van der Waals surface area contributed by atoms with E-state index in [0.29, 0.717) is 23.5 Å². The van der Waals surface area contributed by atoms with Crippen LogP contribution in [0.2, 0.25) is 0 Å². The van der Waals surface area contributed by atoms with Crippen molar-refractivity contribution in [2.75, 3.05) is 31.6 Å². The number of aromatic nitrogens is 1. The fraction of sp³-hybridized carbons (Fsp3) is 0.560. The largest absolute Gasteiger partial charge is 0.444 e. The van der Waals surface area contributed by atoms with E-state index in [2.05, 4.69) is 15.2 Å². The summed E-state index contributed by atoms with van der Waals surface area (Å²) in [6.45, 7) is 3.19. The molecule has 0 radical (unpaired) electrons. The number of nitrogens with zero attached hydrogens (tertiary/aromatic N) is 2. The van der Waals surface area contributed by atoms with Gasteiger partial charge < -0.3 is 19.4 Å². The number of hydrogen-bond acceptors (Lipinski definition) is 5. The van der Waals surface area contributed by atoms with Crippen LogP contribution in [-0.2, 0) is 14.3 Å². The minimum absolute atomic E-state index is 0.0334. The second-order valence-corrected chi connectivity index (χ2v) is 10.1. The molecule has 168 valence electrons. The van der Waals surface area contributed by atoms with E-state index in [-0.39, 0.29) is 23.2 Å². The van der Waals surface area contributed by atoms with Gasteiger partial charge in [-0.3, -0.25) is 9.59 Å². The second-order valence-electron chi connectivity index (χ2n) is 10.1. The summed E-state index contributed by atoms with van der Waals surface area (Å²) in [6.07, 6.45) is 8.03. The molecule has 2 amide bonds. The molecule has 1 N–H and O–H groups in total. The van der Waals surface area contributed by atoms with E-state index >= 15 is 0 Å².